The summed E-state index contributed by atoms with van der Waals surface area (Å²) in [5.41, 5.74) is -0.978. The molecule has 2 heterocycles. The fourth-order valence-electron chi connectivity index (χ4n) is 3.76. The van der Waals surface area contributed by atoms with Crippen molar-refractivity contribution >= 4 is 55.9 Å². The van der Waals surface area contributed by atoms with Gasteiger partial charge in [0.25, 0.3) is 0 Å². The van der Waals surface area contributed by atoms with Crippen LogP contribution in [0, 0.1) is 21.0 Å². The Morgan fingerprint density at radius 3 is 2.17 bits per heavy atom. The van der Waals surface area contributed by atoms with Gasteiger partial charge in [-0.1, -0.05) is 0 Å². The third-order valence-corrected chi connectivity index (χ3v) is 7.85. The summed E-state index contributed by atoms with van der Waals surface area (Å²) in [4.78, 5) is 15.9. The van der Waals surface area contributed by atoms with Gasteiger partial charge in [-0.2, -0.15) is 12.7 Å². The van der Waals surface area contributed by atoms with Crippen LogP contribution in [-0.4, -0.2) is 81.0 Å². The molecule has 2 saturated heterocycles. The number of anilines is 3. The van der Waals surface area contributed by atoms with E-state index in [2.05, 4.69) is 10.0 Å². The van der Waals surface area contributed by atoms with Crippen molar-refractivity contribution in [2.24, 2.45) is 0 Å². The van der Waals surface area contributed by atoms with Crippen molar-refractivity contribution in [3.63, 3.8) is 0 Å². The molecule has 0 aromatic heterocycles. The SMILES string of the molecule is O=C(N1CCOCC1)N1CCN(S(=O)(=O)Nc2ccc(F)c(F)c2Nc2ccc(I)cc2F)CC1. The first kappa shape index (κ1) is 25.8. The van der Waals surface area contributed by atoms with Crippen LogP contribution in [0.3, 0.4) is 0 Å². The molecule has 0 radical (unpaired) electrons. The quantitative estimate of drug-likeness (QED) is 0.499. The van der Waals surface area contributed by atoms with Crippen LogP contribution >= 0.6 is 22.6 Å². The van der Waals surface area contributed by atoms with E-state index in [1.54, 1.807) is 15.9 Å². The number of carbonyl (C=O) groups is 1. The highest BCUT2D eigenvalue weighted by Gasteiger charge is 2.32. The molecule has 0 saturated carbocycles. The molecule has 0 unspecified atom stereocenters. The van der Waals surface area contributed by atoms with Gasteiger partial charge in [-0.15, -0.1) is 0 Å². The molecule has 0 aliphatic carbocycles. The molecule has 2 aromatic rings. The molecular formula is C21H23F3IN5O4S. The van der Waals surface area contributed by atoms with Crippen molar-refractivity contribution in [3.8, 4) is 0 Å². The molecule has 2 aliphatic heterocycles. The van der Waals surface area contributed by atoms with Crippen LogP contribution in [0.1, 0.15) is 0 Å². The number of hydrogen-bond donors (Lipinski definition) is 2. The molecule has 0 atom stereocenters. The average molecular weight is 625 g/mol. The van der Waals surface area contributed by atoms with Crippen LogP contribution in [-0.2, 0) is 14.9 Å². The number of piperazine rings is 1. The topological polar surface area (TPSA) is 94.2 Å². The Kier molecular flexibility index (Phi) is 7.92. The van der Waals surface area contributed by atoms with Crippen LogP contribution in [0.5, 0.6) is 0 Å². The molecule has 0 bridgehead atoms. The van der Waals surface area contributed by atoms with Crippen molar-refractivity contribution in [1.29, 1.82) is 0 Å². The maximum Gasteiger partial charge on any atom is 0.320 e. The number of halogens is 4. The molecule has 2 fully saturated rings. The lowest BCUT2D eigenvalue weighted by Crippen LogP contribution is -2.56. The standard InChI is InChI=1S/C21H23F3IN5O4S/c22-15-2-4-18(20(19(15)24)26-17-3-1-14(25)13-16(17)23)27-35(32,33)30-7-5-28(6-8-30)21(31)29-9-11-34-12-10-29/h1-4,13,26-27H,5-12H2. The first-order valence-electron chi connectivity index (χ1n) is 10.8. The second-order valence-corrected chi connectivity index (χ2v) is 10.8. The van der Waals surface area contributed by atoms with E-state index in [1.807, 2.05) is 22.6 Å². The molecular weight excluding hydrogens is 602 g/mol. The van der Waals surface area contributed by atoms with E-state index in [9.17, 15) is 26.4 Å². The average Bonchev–Trinajstić information content (AvgIpc) is 2.85. The molecule has 2 aromatic carbocycles. The summed E-state index contributed by atoms with van der Waals surface area (Å²) in [6.45, 7) is 2.26. The Hall–Kier alpha value is -2.30. The zero-order valence-electron chi connectivity index (χ0n) is 18.4. The molecule has 190 valence electrons. The Morgan fingerprint density at radius 1 is 0.886 bits per heavy atom. The molecule has 4 rings (SSSR count). The van der Waals surface area contributed by atoms with Gasteiger partial charge in [0.2, 0.25) is 0 Å². The second-order valence-electron chi connectivity index (χ2n) is 7.91. The van der Waals surface area contributed by atoms with Gasteiger partial charge < -0.3 is 19.9 Å². The number of rotatable bonds is 5. The number of ether oxygens (including phenoxy) is 1. The van der Waals surface area contributed by atoms with Crippen LogP contribution in [0.4, 0.5) is 35.0 Å². The lowest BCUT2D eigenvalue weighted by molar-refractivity contribution is 0.0405. The van der Waals surface area contributed by atoms with Gasteiger partial charge in [0.15, 0.2) is 11.6 Å². The van der Waals surface area contributed by atoms with Gasteiger partial charge >= 0.3 is 16.2 Å². The maximum atomic E-state index is 14.6. The summed E-state index contributed by atoms with van der Waals surface area (Å²) in [5, 5.41) is 2.45. The summed E-state index contributed by atoms with van der Waals surface area (Å²) in [5.74, 6) is -3.30. The van der Waals surface area contributed by atoms with Gasteiger partial charge in [0.05, 0.1) is 24.6 Å². The number of nitrogens with one attached hydrogen (secondary N) is 2. The van der Waals surface area contributed by atoms with E-state index in [0.29, 0.717) is 29.9 Å². The monoisotopic (exact) mass is 625 g/mol. The lowest BCUT2D eigenvalue weighted by Gasteiger charge is -2.38. The van der Waals surface area contributed by atoms with Crippen molar-refractivity contribution in [2.45, 2.75) is 0 Å². The third kappa shape index (κ3) is 5.92. The first-order chi connectivity index (χ1) is 16.7. The Bertz CT molecular complexity index is 1210. The van der Waals surface area contributed by atoms with E-state index in [4.69, 9.17) is 4.74 Å². The minimum absolute atomic E-state index is 0.0175. The van der Waals surface area contributed by atoms with Crippen molar-refractivity contribution in [1.82, 2.24) is 14.1 Å². The van der Waals surface area contributed by atoms with E-state index in [1.165, 1.54) is 12.1 Å². The largest absolute Gasteiger partial charge is 0.378 e. The molecule has 0 spiro atoms. The van der Waals surface area contributed by atoms with Crippen LogP contribution in [0.2, 0.25) is 0 Å². The van der Waals surface area contributed by atoms with Crippen molar-refractivity contribution in [3.05, 3.63) is 51.4 Å². The number of morpholine rings is 1. The number of carbonyl (C=O) groups excluding carboxylic acids is 1. The zero-order valence-corrected chi connectivity index (χ0v) is 21.4. The highest BCUT2D eigenvalue weighted by molar-refractivity contribution is 14.1. The number of benzene rings is 2. The molecule has 9 nitrogen and oxygen atoms in total. The highest BCUT2D eigenvalue weighted by Crippen LogP contribution is 2.33. The van der Waals surface area contributed by atoms with Crippen LogP contribution < -0.4 is 10.0 Å². The van der Waals surface area contributed by atoms with Crippen molar-refractivity contribution in [2.75, 3.05) is 62.5 Å². The summed E-state index contributed by atoms with van der Waals surface area (Å²) >= 11 is 1.90. The summed E-state index contributed by atoms with van der Waals surface area (Å²) in [6.07, 6.45) is 0. The van der Waals surface area contributed by atoms with E-state index < -0.39 is 33.3 Å². The molecule has 14 heteroatoms. The number of urea groups is 1. The Balaban J connectivity index is 1.47. The lowest BCUT2D eigenvalue weighted by atomic mass is 10.2. The van der Waals surface area contributed by atoms with Crippen LogP contribution in [0.25, 0.3) is 0 Å². The smallest absolute Gasteiger partial charge is 0.320 e. The third-order valence-electron chi connectivity index (χ3n) is 5.66. The van der Waals surface area contributed by atoms with Gasteiger partial charge in [-0.05, 0) is 52.9 Å². The van der Waals surface area contributed by atoms with Gasteiger partial charge in [0.1, 0.15) is 11.5 Å². The minimum atomic E-state index is -4.18. The summed E-state index contributed by atoms with van der Waals surface area (Å²) < 4.78 is 78.1. The normalized spacial score (nSPS) is 17.4. The van der Waals surface area contributed by atoms with Gasteiger partial charge in [-0.25, -0.2) is 18.0 Å². The zero-order chi connectivity index (χ0) is 25.2. The van der Waals surface area contributed by atoms with E-state index >= 15 is 0 Å². The van der Waals surface area contributed by atoms with E-state index in [-0.39, 0.29) is 43.6 Å². The first-order valence-corrected chi connectivity index (χ1v) is 13.3. The van der Waals surface area contributed by atoms with Gasteiger partial charge in [0, 0.05) is 42.8 Å². The Labute approximate surface area is 214 Å². The van der Waals surface area contributed by atoms with Crippen LogP contribution in [0.15, 0.2) is 30.3 Å². The van der Waals surface area contributed by atoms with Crippen molar-refractivity contribution < 1.29 is 31.1 Å². The molecule has 2 N–H and O–H groups in total. The second kappa shape index (κ2) is 10.8. The Morgan fingerprint density at radius 2 is 1.51 bits per heavy atom. The number of amides is 2. The molecule has 2 aliphatic rings. The minimum Gasteiger partial charge on any atom is -0.378 e. The molecule has 2 amide bonds. The van der Waals surface area contributed by atoms with E-state index in [0.717, 1.165) is 16.4 Å². The predicted molar refractivity (Wildman–Crippen MR) is 132 cm³/mol. The fraction of sp³-hybridized carbons (Fsp3) is 0.381. The number of hydrogen-bond acceptors (Lipinski definition) is 5. The summed E-state index contributed by atoms with van der Waals surface area (Å²) in [6, 6.07) is 5.75. The molecule has 35 heavy (non-hydrogen) atoms. The van der Waals surface area contributed by atoms with Gasteiger partial charge in [-0.3, -0.25) is 4.72 Å². The fourth-order valence-corrected chi connectivity index (χ4v) is 5.44. The number of nitrogens with zero attached hydrogens (tertiary/aromatic N) is 3. The predicted octanol–water partition coefficient (Wildman–Crippen LogP) is 3.18. The highest BCUT2D eigenvalue weighted by atomic mass is 127. The maximum absolute atomic E-state index is 14.6. The summed E-state index contributed by atoms with van der Waals surface area (Å²) in [7, 11) is -4.18.